The van der Waals surface area contributed by atoms with Crippen molar-refractivity contribution in [1.82, 2.24) is 17.8 Å². The second-order valence-electron chi connectivity index (χ2n) is 7.70. The molecule has 0 spiro atoms. The Morgan fingerprint density at radius 2 is 2.18 bits per heavy atom. The van der Waals surface area contributed by atoms with Crippen LogP contribution in [0.4, 0.5) is 5.82 Å². The highest BCUT2D eigenvalue weighted by atomic mass is 127. The molecular formula is C21H21IN6O3S2. The minimum atomic E-state index is -0.264. The highest BCUT2D eigenvalue weighted by Gasteiger charge is 2.18. The molecule has 12 heteroatoms. The van der Waals surface area contributed by atoms with Crippen LogP contribution >= 0.6 is 47.2 Å². The normalized spacial score (nSPS) is 13.2. The first-order valence-corrected chi connectivity index (χ1v) is 12.6. The maximum Gasteiger partial charge on any atom is 0.255 e. The van der Waals surface area contributed by atoms with Crippen LogP contribution in [0.3, 0.4) is 0 Å². The van der Waals surface area contributed by atoms with E-state index in [0.717, 1.165) is 58.7 Å². The van der Waals surface area contributed by atoms with Crippen LogP contribution in [-0.4, -0.2) is 37.3 Å². The highest BCUT2D eigenvalue weighted by Crippen LogP contribution is 2.36. The number of carbonyl (C=O) groups excluding carboxylic acids is 1. The summed E-state index contributed by atoms with van der Waals surface area (Å²) < 4.78 is 10.4. The maximum atomic E-state index is 12.7. The van der Waals surface area contributed by atoms with E-state index in [1.807, 2.05) is 32.2 Å². The fourth-order valence-electron chi connectivity index (χ4n) is 3.86. The average molecular weight is 596 g/mol. The molecule has 1 N–H and O–H groups in total. The van der Waals surface area contributed by atoms with Crippen molar-refractivity contribution in [3.63, 3.8) is 0 Å². The molecule has 2 aromatic heterocycles. The average Bonchev–Trinajstić information content (AvgIpc) is 3.11. The molecule has 3 aromatic rings. The van der Waals surface area contributed by atoms with Crippen molar-refractivity contribution in [1.29, 1.82) is 5.26 Å². The molecule has 0 unspecified atom stereocenters. The smallest absolute Gasteiger partial charge is 0.255 e. The number of benzene rings is 1. The number of rotatable bonds is 7. The van der Waals surface area contributed by atoms with E-state index >= 15 is 0 Å². The van der Waals surface area contributed by atoms with Crippen LogP contribution in [0.25, 0.3) is 10.9 Å². The SMILES string of the molecule is Cc1cc(SN(C)CC(=O)Nc2cc(=O)n3c(n2)CCCC3)c2c(c1)cc(C#N)n2SOI. The molecule has 0 saturated heterocycles. The van der Waals surface area contributed by atoms with Gasteiger partial charge in [-0.2, -0.15) is 5.26 Å². The van der Waals surface area contributed by atoms with Crippen molar-refractivity contribution in [2.24, 2.45) is 0 Å². The van der Waals surface area contributed by atoms with Gasteiger partial charge in [0.1, 0.15) is 58.6 Å². The molecule has 33 heavy (non-hydrogen) atoms. The molecule has 0 radical (unpaired) electrons. The summed E-state index contributed by atoms with van der Waals surface area (Å²) in [5.74, 6) is 0.746. The monoisotopic (exact) mass is 596 g/mol. The van der Waals surface area contributed by atoms with E-state index in [2.05, 4.69) is 16.4 Å². The molecule has 0 aliphatic carbocycles. The Bertz CT molecular complexity index is 1320. The van der Waals surface area contributed by atoms with Crippen molar-refractivity contribution in [2.75, 3.05) is 18.9 Å². The summed E-state index contributed by atoms with van der Waals surface area (Å²) in [6, 6.07) is 9.42. The molecule has 0 bridgehead atoms. The second-order valence-corrected chi connectivity index (χ2v) is 10.7. The Kier molecular flexibility index (Phi) is 7.65. The van der Waals surface area contributed by atoms with Crippen molar-refractivity contribution >= 4 is 69.8 Å². The van der Waals surface area contributed by atoms with Crippen LogP contribution in [0.2, 0.25) is 0 Å². The van der Waals surface area contributed by atoms with Gasteiger partial charge in [-0.15, -0.1) is 0 Å². The minimum absolute atomic E-state index is 0.0853. The van der Waals surface area contributed by atoms with Crippen molar-refractivity contribution in [2.45, 2.75) is 37.6 Å². The van der Waals surface area contributed by atoms with E-state index in [-0.39, 0.29) is 23.8 Å². The fraction of sp³-hybridized carbons (Fsp3) is 0.333. The largest absolute Gasteiger partial charge is 0.309 e. The number of halogens is 1. The van der Waals surface area contributed by atoms with E-state index in [4.69, 9.17) is 2.51 Å². The van der Waals surface area contributed by atoms with Crippen molar-refractivity contribution < 1.29 is 7.31 Å². The number of aromatic nitrogens is 3. The molecule has 1 aromatic carbocycles. The van der Waals surface area contributed by atoms with Crippen LogP contribution in [0, 0.1) is 18.3 Å². The first-order valence-electron chi connectivity index (χ1n) is 10.2. The second kappa shape index (κ2) is 10.5. The van der Waals surface area contributed by atoms with E-state index in [9.17, 15) is 14.9 Å². The molecule has 1 aliphatic rings. The molecule has 3 heterocycles. The summed E-state index contributed by atoms with van der Waals surface area (Å²) in [5.41, 5.74) is 2.23. The summed E-state index contributed by atoms with van der Waals surface area (Å²) in [6.07, 6.45) is 2.70. The number of amides is 1. The Hall–Kier alpha value is -2.05. The van der Waals surface area contributed by atoms with Crippen LogP contribution < -0.4 is 10.9 Å². The summed E-state index contributed by atoms with van der Waals surface area (Å²) in [4.78, 5) is 30.3. The number of hydrogen-bond donors (Lipinski definition) is 1. The van der Waals surface area contributed by atoms with Gasteiger partial charge in [0.25, 0.3) is 5.56 Å². The molecule has 0 atom stereocenters. The fourth-order valence-corrected chi connectivity index (χ4v) is 5.97. The van der Waals surface area contributed by atoms with Gasteiger partial charge in [-0.1, -0.05) is 0 Å². The number of aryl methyl sites for hydroxylation is 2. The third kappa shape index (κ3) is 5.38. The summed E-state index contributed by atoms with van der Waals surface area (Å²) >= 11 is 4.24. The van der Waals surface area contributed by atoms with Crippen molar-refractivity contribution in [3.05, 3.63) is 51.7 Å². The third-order valence-electron chi connectivity index (χ3n) is 5.19. The molecule has 9 nitrogen and oxygen atoms in total. The number of fused-ring (bicyclic) bond motifs is 2. The molecule has 172 valence electrons. The van der Waals surface area contributed by atoms with Crippen molar-refractivity contribution in [3.8, 4) is 6.07 Å². The predicted octanol–water partition coefficient (Wildman–Crippen LogP) is 4.07. The molecule has 4 rings (SSSR count). The molecule has 1 aliphatic heterocycles. The number of carbonyl (C=O) groups is 1. The molecule has 0 saturated carbocycles. The molecular weight excluding hydrogens is 575 g/mol. The topological polar surface area (TPSA) is 105 Å². The Morgan fingerprint density at radius 3 is 2.94 bits per heavy atom. The van der Waals surface area contributed by atoms with E-state index in [0.29, 0.717) is 12.2 Å². The number of nitrogens with zero attached hydrogens (tertiary/aromatic N) is 5. The number of nitrogens with one attached hydrogen (secondary N) is 1. The summed E-state index contributed by atoms with van der Waals surface area (Å²) in [6.45, 7) is 2.75. The Morgan fingerprint density at radius 1 is 1.36 bits per heavy atom. The number of likely N-dealkylation sites (N-methyl/N-ethyl adjacent to an activating group) is 1. The first-order chi connectivity index (χ1) is 15.9. The predicted molar refractivity (Wildman–Crippen MR) is 138 cm³/mol. The standard InChI is InChI=1S/C21H21IN6O3S2/c1-13-7-14-9-15(11-23)28(33-31-22)21(14)16(8-13)32-26(2)12-19(29)25-17-10-20(30)27-6-4-3-5-18(27)24-17/h7-10H,3-6,12H2,1-2H3,(H,25,29). The van der Waals surface area contributed by atoms with Gasteiger partial charge in [0.05, 0.1) is 12.1 Å². The lowest BCUT2D eigenvalue weighted by Gasteiger charge is -2.19. The van der Waals surface area contributed by atoms with Gasteiger partial charge in [-0.05, 0) is 62.5 Å². The lowest BCUT2D eigenvalue weighted by molar-refractivity contribution is -0.116. The number of nitriles is 1. The zero-order valence-corrected chi connectivity index (χ0v) is 21.8. The quantitative estimate of drug-likeness (QED) is 0.247. The van der Waals surface area contributed by atoms with E-state index in [1.165, 1.54) is 18.0 Å². The number of anilines is 1. The van der Waals surface area contributed by atoms with Crippen LogP contribution in [0.1, 0.15) is 29.9 Å². The maximum absolute atomic E-state index is 12.7. The van der Waals surface area contributed by atoms with Crippen LogP contribution in [0.5, 0.6) is 0 Å². The Balaban J connectivity index is 1.51. The van der Waals surface area contributed by atoms with Crippen LogP contribution in [-0.2, 0) is 20.3 Å². The lowest BCUT2D eigenvalue weighted by Crippen LogP contribution is -2.31. The molecule has 0 fully saturated rings. The zero-order chi connectivity index (χ0) is 23.5. The Labute approximate surface area is 213 Å². The van der Waals surface area contributed by atoms with Gasteiger partial charge in [-0.25, -0.2) is 15.8 Å². The van der Waals surface area contributed by atoms with E-state index in [1.54, 1.807) is 35.9 Å². The highest BCUT2D eigenvalue weighted by molar-refractivity contribution is 14.1. The van der Waals surface area contributed by atoms with Gasteiger partial charge in [0, 0.05) is 29.3 Å². The number of hydrogen-bond acceptors (Lipinski definition) is 8. The van der Waals surface area contributed by atoms with Gasteiger partial charge in [0.15, 0.2) is 0 Å². The van der Waals surface area contributed by atoms with Gasteiger partial charge in [-0.3, -0.25) is 14.2 Å². The summed E-state index contributed by atoms with van der Waals surface area (Å²) in [5, 5.41) is 13.2. The summed E-state index contributed by atoms with van der Waals surface area (Å²) in [7, 11) is 1.81. The van der Waals surface area contributed by atoms with E-state index < -0.39 is 0 Å². The zero-order valence-electron chi connectivity index (χ0n) is 18.0. The first kappa shape index (κ1) is 24.1. The van der Waals surface area contributed by atoms with Crippen LogP contribution in [0.15, 0.2) is 34.0 Å². The van der Waals surface area contributed by atoms with Gasteiger partial charge < -0.3 is 5.32 Å². The van der Waals surface area contributed by atoms with Gasteiger partial charge >= 0.3 is 0 Å². The minimum Gasteiger partial charge on any atom is -0.309 e. The molecule has 1 amide bonds. The third-order valence-corrected chi connectivity index (χ3v) is 7.20. The lowest BCUT2D eigenvalue weighted by atomic mass is 10.1. The van der Waals surface area contributed by atoms with Gasteiger partial charge in [0.2, 0.25) is 5.91 Å².